The molecule has 2 rings (SSSR count). The normalized spacial score (nSPS) is 18.0. The second-order valence-electron chi connectivity index (χ2n) is 5.47. The van der Waals surface area contributed by atoms with Crippen molar-refractivity contribution < 1.29 is 14.3 Å². The summed E-state index contributed by atoms with van der Waals surface area (Å²) in [6.07, 6.45) is 0.0329. The molecule has 0 N–H and O–H groups in total. The third-order valence-corrected chi connectivity index (χ3v) is 3.71. The number of carbonyl (C=O) groups is 2. The van der Waals surface area contributed by atoms with Gasteiger partial charge in [-0.15, -0.1) is 0 Å². The van der Waals surface area contributed by atoms with Crippen LogP contribution in [0.3, 0.4) is 0 Å². The molecule has 0 fully saturated rings. The molecule has 0 radical (unpaired) electrons. The maximum atomic E-state index is 12.6. The summed E-state index contributed by atoms with van der Waals surface area (Å²) in [7, 11) is 1.32. The van der Waals surface area contributed by atoms with E-state index in [0.29, 0.717) is 5.71 Å². The van der Waals surface area contributed by atoms with E-state index in [0.717, 1.165) is 22.4 Å². The van der Waals surface area contributed by atoms with Crippen molar-refractivity contribution in [2.24, 2.45) is 11.0 Å². The molecule has 5 heteroatoms. The van der Waals surface area contributed by atoms with Crippen LogP contribution in [0.4, 0.5) is 5.69 Å². The molecule has 1 aromatic carbocycles. The molecule has 0 saturated heterocycles. The molecule has 0 spiro atoms. The summed E-state index contributed by atoms with van der Waals surface area (Å²) in [4.78, 5) is 24.0. The van der Waals surface area contributed by atoms with Gasteiger partial charge >= 0.3 is 5.97 Å². The van der Waals surface area contributed by atoms with Gasteiger partial charge in [-0.3, -0.25) is 9.59 Å². The lowest BCUT2D eigenvalue weighted by Crippen LogP contribution is -2.29. The average Bonchev–Trinajstić information content (AvgIpc) is 2.65. The maximum Gasteiger partial charge on any atom is 0.306 e. The predicted molar refractivity (Wildman–Crippen MR) is 81.4 cm³/mol. The SMILES string of the molecule is COC(=O)CC1C(=O)N(c2c(C)cc(C)cc2C)N=C1C. The number of esters is 1. The van der Waals surface area contributed by atoms with E-state index in [1.165, 1.54) is 12.1 Å². The molecule has 1 unspecified atom stereocenters. The Balaban J connectivity index is 2.36. The molecule has 1 heterocycles. The topological polar surface area (TPSA) is 59.0 Å². The van der Waals surface area contributed by atoms with Crippen molar-refractivity contribution in [2.45, 2.75) is 34.1 Å². The Labute approximate surface area is 124 Å². The van der Waals surface area contributed by atoms with Crippen LogP contribution in [0.25, 0.3) is 0 Å². The molecule has 21 heavy (non-hydrogen) atoms. The molecule has 1 amide bonds. The number of nitrogens with zero attached hydrogens (tertiary/aromatic N) is 2. The molecule has 0 bridgehead atoms. The van der Waals surface area contributed by atoms with Crippen LogP contribution in [-0.4, -0.2) is 24.7 Å². The maximum absolute atomic E-state index is 12.6. The largest absolute Gasteiger partial charge is 0.469 e. The van der Waals surface area contributed by atoms with Gasteiger partial charge in [0.15, 0.2) is 0 Å². The third-order valence-electron chi connectivity index (χ3n) is 3.71. The van der Waals surface area contributed by atoms with Crippen LogP contribution < -0.4 is 5.01 Å². The number of anilines is 1. The lowest BCUT2D eigenvalue weighted by Gasteiger charge is -2.19. The molecule has 5 nitrogen and oxygen atoms in total. The number of amides is 1. The summed E-state index contributed by atoms with van der Waals surface area (Å²) >= 11 is 0. The highest BCUT2D eigenvalue weighted by molar-refractivity contribution is 6.16. The predicted octanol–water partition coefficient (Wildman–Crippen LogP) is 2.51. The molecule has 0 saturated carbocycles. The fourth-order valence-corrected chi connectivity index (χ4v) is 2.75. The highest BCUT2D eigenvalue weighted by Crippen LogP contribution is 2.32. The number of hydrogen-bond donors (Lipinski definition) is 0. The summed E-state index contributed by atoms with van der Waals surface area (Å²) < 4.78 is 4.65. The van der Waals surface area contributed by atoms with Crippen LogP contribution in [-0.2, 0) is 14.3 Å². The van der Waals surface area contributed by atoms with Crippen molar-refractivity contribution in [1.29, 1.82) is 0 Å². The highest BCUT2D eigenvalue weighted by Gasteiger charge is 2.37. The summed E-state index contributed by atoms with van der Waals surface area (Å²) in [5, 5.41) is 5.78. The van der Waals surface area contributed by atoms with E-state index in [2.05, 4.69) is 9.84 Å². The van der Waals surface area contributed by atoms with Gasteiger partial charge in [-0.05, 0) is 38.8 Å². The minimum absolute atomic E-state index is 0.0329. The lowest BCUT2D eigenvalue weighted by molar-refractivity contribution is -0.142. The number of rotatable bonds is 3. The Morgan fingerprint density at radius 3 is 2.33 bits per heavy atom. The van der Waals surface area contributed by atoms with Crippen molar-refractivity contribution in [3.8, 4) is 0 Å². The Hall–Kier alpha value is -2.17. The van der Waals surface area contributed by atoms with E-state index >= 15 is 0 Å². The Morgan fingerprint density at radius 2 is 1.81 bits per heavy atom. The minimum Gasteiger partial charge on any atom is -0.469 e. The number of benzene rings is 1. The first-order valence-electron chi connectivity index (χ1n) is 6.89. The van der Waals surface area contributed by atoms with Gasteiger partial charge in [-0.1, -0.05) is 17.7 Å². The standard InChI is InChI=1S/C16H20N2O3/c1-9-6-10(2)15(11(3)7-9)18-16(20)13(12(4)17-18)8-14(19)21-5/h6-7,13H,8H2,1-5H3. The zero-order valence-corrected chi connectivity index (χ0v) is 13.1. The number of aryl methyl sites for hydroxylation is 3. The monoisotopic (exact) mass is 288 g/mol. The molecular weight excluding hydrogens is 268 g/mol. The molecule has 1 aliphatic rings. The average molecular weight is 288 g/mol. The zero-order valence-electron chi connectivity index (χ0n) is 13.1. The van der Waals surface area contributed by atoms with Crippen molar-refractivity contribution in [3.05, 3.63) is 28.8 Å². The number of hydrazone groups is 1. The van der Waals surface area contributed by atoms with Gasteiger partial charge in [-0.2, -0.15) is 10.1 Å². The van der Waals surface area contributed by atoms with Gasteiger partial charge in [0, 0.05) is 5.71 Å². The van der Waals surface area contributed by atoms with Gasteiger partial charge in [-0.25, -0.2) is 0 Å². The number of hydrogen-bond acceptors (Lipinski definition) is 4. The number of ether oxygens (including phenoxy) is 1. The lowest BCUT2D eigenvalue weighted by atomic mass is 9.99. The summed E-state index contributed by atoms with van der Waals surface area (Å²) in [6.45, 7) is 7.71. The van der Waals surface area contributed by atoms with E-state index < -0.39 is 11.9 Å². The van der Waals surface area contributed by atoms with E-state index in [9.17, 15) is 9.59 Å². The number of methoxy groups -OCH3 is 1. The summed E-state index contributed by atoms with van der Waals surface area (Å²) in [5.41, 5.74) is 4.58. The Bertz CT molecular complexity index is 611. The number of carbonyl (C=O) groups excluding carboxylic acids is 2. The fourth-order valence-electron chi connectivity index (χ4n) is 2.75. The van der Waals surface area contributed by atoms with Crippen molar-refractivity contribution in [2.75, 3.05) is 12.1 Å². The van der Waals surface area contributed by atoms with Crippen LogP contribution in [0.15, 0.2) is 17.2 Å². The summed E-state index contributed by atoms with van der Waals surface area (Å²) in [6, 6.07) is 4.04. The quantitative estimate of drug-likeness (QED) is 0.803. The van der Waals surface area contributed by atoms with Gasteiger partial charge in [0.25, 0.3) is 5.91 Å². The molecule has 0 aliphatic carbocycles. The van der Waals surface area contributed by atoms with Crippen molar-refractivity contribution in [1.82, 2.24) is 0 Å². The van der Waals surface area contributed by atoms with E-state index in [-0.39, 0.29) is 12.3 Å². The fraction of sp³-hybridized carbons (Fsp3) is 0.438. The smallest absolute Gasteiger partial charge is 0.306 e. The van der Waals surface area contributed by atoms with Crippen LogP contribution >= 0.6 is 0 Å². The third kappa shape index (κ3) is 2.82. The zero-order chi connectivity index (χ0) is 15.7. The minimum atomic E-state index is -0.530. The van der Waals surface area contributed by atoms with Crippen LogP contribution in [0.2, 0.25) is 0 Å². The summed E-state index contributed by atoms with van der Waals surface area (Å²) in [5.74, 6) is -1.10. The second kappa shape index (κ2) is 5.68. The van der Waals surface area contributed by atoms with E-state index in [1.54, 1.807) is 6.92 Å². The molecule has 1 aromatic rings. The molecule has 0 aromatic heterocycles. The van der Waals surface area contributed by atoms with Gasteiger partial charge in [0.05, 0.1) is 25.1 Å². The van der Waals surface area contributed by atoms with Gasteiger partial charge < -0.3 is 4.74 Å². The Morgan fingerprint density at radius 1 is 1.24 bits per heavy atom. The first kappa shape index (κ1) is 15.2. The van der Waals surface area contributed by atoms with Crippen LogP contribution in [0.1, 0.15) is 30.0 Å². The second-order valence-corrected chi connectivity index (χ2v) is 5.47. The molecule has 112 valence electrons. The van der Waals surface area contributed by atoms with E-state index in [4.69, 9.17) is 0 Å². The van der Waals surface area contributed by atoms with Crippen molar-refractivity contribution >= 4 is 23.3 Å². The van der Waals surface area contributed by atoms with E-state index in [1.807, 2.05) is 32.9 Å². The van der Waals surface area contributed by atoms with Gasteiger partial charge in [0.1, 0.15) is 0 Å². The van der Waals surface area contributed by atoms with Crippen LogP contribution in [0, 0.1) is 26.7 Å². The molecule has 1 atom stereocenters. The van der Waals surface area contributed by atoms with Crippen LogP contribution in [0.5, 0.6) is 0 Å². The first-order valence-corrected chi connectivity index (χ1v) is 6.89. The van der Waals surface area contributed by atoms with Crippen molar-refractivity contribution in [3.63, 3.8) is 0 Å². The molecular formula is C16H20N2O3. The van der Waals surface area contributed by atoms with Gasteiger partial charge in [0.2, 0.25) is 0 Å². The highest BCUT2D eigenvalue weighted by atomic mass is 16.5. The molecule has 1 aliphatic heterocycles. The first-order chi connectivity index (χ1) is 9.85. The Kier molecular flexibility index (Phi) is 4.11.